The quantitative estimate of drug-likeness (QED) is 0.348. The minimum absolute atomic E-state index is 0.145. The van der Waals surface area contributed by atoms with Crippen LogP contribution < -0.4 is 15.2 Å². The lowest BCUT2D eigenvalue weighted by Crippen LogP contribution is -2.05. The van der Waals surface area contributed by atoms with Crippen molar-refractivity contribution in [2.24, 2.45) is 0 Å². The Morgan fingerprint density at radius 3 is 2.60 bits per heavy atom. The summed E-state index contributed by atoms with van der Waals surface area (Å²) in [6.45, 7) is 1.25. The number of aldehydes is 1. The third kappa shape index (κ3) is 2.46. The van der Waals surface area contributed by atoms with Crippen LogP contribution in [0.3, 0.4) is 0 Å². The molecule has 0 spiro atoms. The molecule has 80 valence electrons. The Morgan fingerprint density at radius 2 is 2.13 bits per heavy atom. The van der Waals surface area contributed by atoms with E-state index in [9.17, 15) is 9.59 Å². The minimum atomic E-state index is -0.504. The van der Waals surface area contributed by atoms with E-state index in [1.807, 2.05) is 0 Å². The number of ether oxygens (including phenoxy) is 2. The van der Waals surface area contributed by atoms with Crippen LogP contribution in [0.1, 0.15) is 17.3 Å². The molecule has 0 aliphatic carbocycles. The number of hydrogen-bond donors (Lipinski definition) is 1. The Hall–Kier alpha value is -2.04. The molecule has 0 amide bonds. The van der Waals surface area contributed by atoms with Crippen LogP contribution in [0.5, 0.6) is 11.5 Å². The summed E-state index contributed by atoms with van der Waals surface area (Å²) in [6.07, 6.45) is 0.614. The van der Waals surface area contributed by atoms with E-state index in [1.165, 1.54) is 26.2 Å². The highest BCUT2D eigenvalue weighted by atomic mass is 16.6. The topological polar surface area (TPSA) is 78.6 Å². The fourth-order valence-corrected chi connectivity index (χ4v) is 1.16. The van der Waals surface area contributed by atoms with Gasteiger partial charge in [0.1, 0.15) is 6.29 Å². The van der Waals surface area contributed by atoms with Crippen LogP contribution >= 0.6 is 0 Å². The summed E-state index contributed by atoms with van der Waals surface area (Å²) in [5, 5.41) is 0. The molecular formula is C10H11NO4. The second-order valence-corrected chi connectivity index (χ2v) is 2.85. The maximum Gasteiger partial charge on any atom is 0.308 e. The first-order valence-corrected chi connectivity index (χ1v) is 4.19. The Labute approximate surface area is 86.8 Å². The molecule has 0 unspecified atom stereocenters. The van der Waals surface area contributed by atoms with Crippen molar-refractivity contribution in [3.8, 4) is 11.5 Å². The summed E-state index contributed by atoms with van der Waals surface area (Å²) >= 11 is 0. The van der Waals surface area contributed by atoms with E-state index in [4.69, 9.17) is 15.2 Å². The fourth-order valence-electron chi connectivity index (χ4n) is 1.16. The van der Waals surface area contributed by atoms with Gasteiger partial charge in [0.2, 0.25) is 0 Å². The number of anilines is 1. The number of esters is 1. The standard InChI is InChI=1S/C10H11NO4/c1-6(13)15-9-4-7(5-12)3-8(11)10(9)14-2/h3-5H,11H2,1-2H3. The fraction of sp³-hybridized carbons (Fsp3) is 0.200. The van der Waals surface area contributed by atoms with Gasteiger partial charge in [-0.2, -0.15) is 0 Å². The summed E-state index contributed by atoms with van der Waals surface area (Å²) in [4.78, 5) is 21.3. The van der Waals surface area contributed by atoms with Gasteiger partial charge >= 0.3 is 5.97 Å². The molecule has 1 aromatic carbocycles. The van der Waals surface area contributed by atoms with Gasteiger partial charge in [-0.05, 0) is 12.1 Å². The molecule has 0 heterocycles. The molecule has 5 heteroatoms. The molecule has 0 aliphatic rings. The lowest BCUT2D eigenvalue weighted by Gasteiger charge is -2.10. The molecule has 15 heavy (non-hydrogen) atoms. The molecular weight excluding hydrogens is 198 g/mol. The zero-order valence-corrected chi connectivity index (χ0v) is 8.44. The first-order valence-electron chi connectivity index (χ1n) is 4.19. The molecule has 5 nitrogen and oxygen atoms in total. The predicted octanol–water partition coefficient (Wildman–Crippen LogP) is 1.02. The number of benzene rings is 1. The average Bonchev–Trinajstić information content (AvgIpc) is 2.16. The van der Waals surface area contributed by atoms with Gasteiger partial charge in [-0.3, -0.25) is 9.59 Å². The van der Waals surface area contributed by atoms with Gasteiger partial charge in [-0.1, -0.05) is 0 Å². The van der Waals surface area contributed by atoms with Crippen molar-refractivity contribution < 1.29 is 19.1 Å². The van der Waals surface area contributed by atoms with E-state index in [2.05, 4.69) is 0 Å². The van der Waals surface area contributed by atoms with Crippen LogP contribution in [-0.2, 0) is 4.79 Å². The van der Waals surface area contributed by atoms with Gasteiger partial charge in [0, 0.05) is 12.5 Å². The van der Waals surface area contributed by atoms with Gasteiger partial charge < -0.3 is 15.2 Å². The second-order valence-electron chi connectivity index (χ2n) is 2.85. The number of nitrogen functional groups attached to an aromatic ring is 1. The van der Waals surface area contributed by atoms with Crippen LogP contribution in [0.2, 0.25) is 0 Å². The summed E-state index contributed by atoms with van der Waals surface area (Å²) < 4.78 is 9.82. The van der Waals surface area contributed by atoms with Crippen molar-refractivity contribution in [3.63, 3.8) is 0 Å². The van der Waals surface area contributed by atoms with E-state index < -0.39 is 5.97 Å². The molecule has 0 saturated heterocycles. The van der Waals surface area contributed by atoms with E-state index >= 15 is 0 Å². The van der Waals surface area contributed by atoms with Crippen molar-refractivity contribution >= 4 is 17.9 Å². The average molecular weight is 209 g/mol. The number of rotatable bonds is 3. The van der Waals surface area contributed by atoms with Gasteiger partial charge in [-0.25, -0.2) is 0 Å². The molecule has 1 aromatic rings. The smallest absolute Gasteiger partial charge is 0.308 e. The van der Waals surface area contributed by atoms with Crippen molar-refractivity contribution in [2.75, 3.05) is 12.8 Å². The van der Waals surface area contributed by atoms with E-state index in [-0.39, 0.29) is 17.2 Å². The van der Waals surface area contributed by atoms with Crippen molar-refractivity contribution in [1.29, 1.82) is 0 Å². The summed E-state index contributed by atoms with van der Waals surface area (Å²) in [6, 6.07) is 2.84. The Kier molecular flexibility index (Phi) is 3.28. The van der Waals surface area contributed by atoms with Crippen molar-refractivity contribution in [2.45, 2.75) is 6.92 Å². The molecule has 0 saturated carbocycles. The molecule has 0 aliphatic heterocycles. The van der Waals surface area contributed by atoms with Gasteiger partial charge in [-0.15, -0.1) is 0 Å². The summed E-state index contributed by atoms with van der Waals surface area (Å²) in [5.74, 6) is -0.112. The first kappa shape index (κ1) is 11.0. The molecule has 0 fully saturated rings. The highest BCUT2D eigenvalue weighted by Gasteiger charge is 2.12. The zero-order valence-electron chi connectivity index (χ0n) is 8.44. The van der Waals surface area contributed by atoms with Gasteiger partial charge in [0.25, 0.3) is 0 Å². The maximum absolute atomic E-state index is 10.8. The van der Waals surface area contributed by atoms with Crippen LogP contribution in [-0.4, -0.2) is 19.4 Å². The van der Waals surface area contributed by atoms with Crippen molar-refractivity contribution in [3.05, 3.63) is 17.7 Å². The highest BCUT2D eigenvalue weighted by molar-refractivity contribution is 5.82. The summed E-state index contributed by atoms with van der Waals surface area (Å²) in [7, 11) is 1.40. The SMILES string of the molecule is COc1c(N)cc(C=O)cc1OC(C)=O. The number of nitrogens with two attached hydrogens (primary N) is 1. The highest BCUT2D eigenvalue weighted by Crippen LogP contribution is 2.34. The third-order valence-electron chi connectivity index (χ3n) is 1.70. The molecule has 0 aromatic heterocycles. The van der Waals surface area contributed by atoms with E-state index in [1.54, 1.807) is 0 Å². The number of hydrogen-bond acceptors (Lipinski definition) is 5. The van der Waals surface area contributed by atoms with Crippen LogP contribution in [0.4, 0.5) is 5.69 Å². The normalized spacial score (nSPS) is 9.47. The predicted molar refractivity (Wildman–Crippen MR) is 54.1 cm³/mol. The lowest BCUT2D eigenvalue weighted by atomic mass is 10.2. The van der Waals surface area contributed by atoms with E-state index in [0.29, 0.717) is 11.8 Å². The molecule has 2 N–H and O–H groups in total. The third-order valence-corrected chi connectivity index (χ3v) is 1.70. The van der Waals surface area contributed by atoms with Crippen LogP contribution in [0, 0.1) is 0 Å². The second kappa shape index (κ2) is 4.45. The number of carbonyl (C=O) groups excluding carboxylic acids is 2. The molecule has 0 atom stereocenters. The van der Waals surface area contributed by atoms with E-state index in [0.717, 1.165) is 0 Å². The Bertz CT molecular complexity index is 401. The number of methoxy groups -OCH3 is 1. The maximum atomic E-state index is 10.8. The number of carbonyl (C=O) groups is 2. The Morgan fingerprint density at radius 1 is 1.47 bits per heavy atom. The molecule has 0 radical (unpaired) electrons. The molecule has 1 rings (SSSR count). The van der Waals surface area contributed by atoms with Crippen LogP contribution in [0.25, 0.3) is 0 Å². The van der Waals surface area contributed by atoms with Crippen LogP contribution in [0.15, 0.2) is 12.1 Å². The monoisotopic (exact) mass is 209 g/mol. The Balaban J connectivity index is 3.25. The minimum Gasteiger partial charge on any atom is -0.491 e. The molecule has 0 bridgehead atoms. The van der Waals surface area contributed by atoms with Gasteiger partial charge in [0.05, 0.1) is 12.8 Å². The lowest BCUT2D eigenvalue weighted by molar-refractivity contribution is -0.132. The zero-order chi connectivity index (χ0) is 11.4. The van der Waals surface area contributed by atoms with Gasteiger partial charge in [0.15, 0.2) is 11.5 Å². The van der Waals surface area contributed by atoms with Crippen molar-refractivity contribution in [1.82, 2.24) is 0 Å². The summed E-state index contributed by atoms with van der Waals surface area (Å²) in [5.41, 5.74) is 6.18. The first-order chi connectivity index (χ1) is 7.08. The largest absolute Gasteiger partial charge is 0.491 e.